The van der Waals surface area contributed by atoms with Gasteiger partial charge in [-0.1, -0.05) is 15.9 Å². The standard InChI is InChI=1S/C18H15BrN4O3/c1-22(2)18(24)11-3-6-13(7-4-11)21-17-14-9-12(19)5-8-15(14)20-10-16(17)23(25)26/h3-10H,1-2H3,(H,20,21). The molecule has 0 fully saturated rings. The number of hydrogen-bond donors (Lipinski definition) is 1. The SMILES string of the molecule is CN(C)C(=O)c1ccc(Nc2c([N+](=O)[O-])cnc3ccc(Br)cc23)cc1. The molecular formula is C18H15BrN4O3. The number of hydrogen-bond acceptors (Lipinski definition) is 5. The summed E-state index contributed by atoms with van der Waals surface area (Å²) in [6.07, 6.45) is 1.24. The van der Waals surface area contributed by atoms with Gasteiger partial charge in [0, 0.05) is 35.2 Å². The number of carbonyl (C=O) groups excluding carboxylic acids is 1. The molecule has 1 N–H and O–H groups in total. The van der Waals surface area contributed by atoms with Crippen LogP contribution in [0, 0.1) is 10.1 Å². The van der Waals surface area contributed by atoms with E-state index in [0.717, 1.165) is 4.47 Å². The first-order chi connectivity index (χ1) is 12.4. The Morgan fingerprint density at radius 2 is 1.88 bits per heavy atom. The van der Waals surface area contributed by atoms with E-state index >= 15 is 0 Å². The Bertz CT molecular complexity index is 1000. The van der Waals surface area contributed by atoms with Gasteiger partial charge in [-0.3, -0.25) is 14.9 Å². The third-order valence-electron chi connectivity index (χ3n) is 3.81. The Morgan fingerprint density at radius 3 is 2.50 bits per heavy atom. The average molecular weight is 415 g/mol. The quantitative estimate of drug-likeness (QED) is 0.506. The molecule has 0 radical (unpaired) electrons. The smallest absolute Gasteiger partial charge is 0.311 e. The summed E-state index contributed by atoms with van der Waals surface area (Å²) in [6.45, 7) is 0. The Balaban J connectivity index is 2.04. The molecule has 8 heteroatoms. The van der Waals surface area contributed by atoms with Crippen LogP contribution in [0.5, 0.6) is 0 Å². The van der Waals surface area contributed by atoms with E-state index in [4.69, 9.17) is 0 Å². The van der Waals surface area contributed by atoms with E-state index < -0.39 is 4.92 Å². The van der Waals surface area contributed by atoms with Gasteiger partial charge in [-0.2, -0.15) is 0 Å². The van der Waals surface area contributed by atoms with Crippen LogP contribution in [0.25, 0.3) is 10.9 Å². The molecule has 0 aliphatic rings. The molecule has 7 nitrogen and oxygen atoms in total. The van der Waals surface area contributed by atoms with Gasteiger partial charge in [0.1, 0.15) is 11.9 Å². The van der Waals surface area contributed by atoms with Gasteiger partial charge in [0.05, 0.1) is 10.4 Å². The zero-order valence-electron chi connectivity index (χ0n) is 14.1. The van der Waals surface area contributed by atoms with Crippen LogP contribution in [0.15, 0.2) is 53.1 Å². The maximum absolute atomic E-state index is 12.0. The number of nitro groups is 1. The van der Waals surface area contributed by atoms with Gasteiger partial charge in [-0.25, -0.2) is 4.98 Å². The van der Waals surface area contributed by atoms with Crippen LogP contribution in [-0.2, 0) is 0 Å². The predicted molar refractivity (Wildman–Crippen MR) is 104 cm³/mol. The molecule has 3 rings (SSSR count). The molecule has 1 amide bonds. The van der Waals surface area contributed by atoms with Gasteiger partial charge in [0.2, 0.25) is 0 Å². The molecule has 0 aliphatic heterocycles. The van der Waals surface area contributed by atoms with E-state index in [1.54, 1.807) is 50.5 Å². The monoisotopic (exact) mass is 414 g/mol. The van der Waals surface area contributed by atoms with Gasteiger partial charge in [-0.15, -0.1) is 0 Å². The van der Waals surface area contributed by atoms with Crippen LogP contribution in [0.3, 0.4) is 0 Å². The molecule has 132 valence electrons. The zero-order valence-corrected chi connectivity index (χ0v) is 15.6. The number of pyridine rings is 1. The summed E-state index contributed by atoms with van der Waals surface area (Å²) in [5.74, 6) is -0.110. The minimum Gasteiger partial charge on any atom is -0.349 e. The normalized spacial score (nSPS) is 10.6. The lowest BCUT2D eigenvalue weighted by atomic mass is 10.1. The Kier molecular flexibility index (Phi) is 4.85. The molecule has 0 saturated carbocycles. The van der Waals surface area contributed by atoms with Gasteiger partial charge in [0.15, 0.2) is 0 Å². The number of rotatable bonds is 4. The van der Waals surface area contributed by atoms with Crippen molar-refractivity contribution in [3.05, 3.63) is 68.8 Å². The van der Waals surface area contributed by atoms with Crippen molar-refractivity contribution in [2.24, 2.45) is 0 Å². The number of carbonyl (C=O) groups is 1. The third-order valence-corrected chi connectivity index (χ3v) is 4.31. The van der Waals surface area contributed by atoms with E-state index in [1.807, 2.05) is 6.07 Å². The number of anilines is 2. The minimum absolute atomic E-state index is 0.110. The summed E-state index contributed by atoms with van der Waals surface area (Å²) < 4.78 is 0.794. The first-order valence-corrected chi connectivity index (χ1v) is 8.47. The largest absolute Gasteiger partial charge is 0.349 e. The highest BCUT2D eigenvalue weighted by molar-refractivity contribution is 9.10. The van der Waals surface area contributed by atoms with Gasteiger partial charge in [0.25, 0.3) is 5.91 Å². The van der Waals surface area contributed by atoms with Crippen molar-refractivity contribution in [1.82, 2.24) is 9.88 Å². The lowest BCUT2D eigenvalue weighted by Gasteiger charge is -2.12. The number of nitrogens with one attached hydrogen (secondary N) is 1. The minimum atomic E-state index is -0.473. The fourth-order valence-electron chi connectivity index (χ4n) is 2.52. The van der Waals surface area contributed by atoms with Crippen LogP contribution >= 0.6 is 15.9 Å². The lowest BCUT2D eigenvalue weighted by molar-refractivity contribution is -0.384. The summed E-state index contributed by atoms with van der Waals surface area (Å²) in [5.41, 5.74) is 2.05. The van der Waals surface area contributed by atoms with E-state index in [1.165, 1.54) is 11.1 Å². The van der Waals surface area contributed by atoms with Gasteiger partial charge in [-0.05, 0) is 42.5 Å². The van der Waals surface area contributed by atoms with Crippen LogP contribution < -0.4 is 5.32 Å². The summed E-state index contributed by atoms with van der Waals surface area (Å²) in [4.78, 5) is 28.6. The lowest BCUT2D eigenvalue weighted by Crippen LogP contribution is -2.21. The second kappa shape index (κ2) is 7.09. The van der Waals surface area contributed by atoms with E-state index in [0.29, 0.717) is 27.8 Å². The molecule has 0 unspecified atom stereocenters. The van der Waals surface area contributed by atoms with Crippen molar-refractivity contribution in [3.8, 4) is 0 Å². The van der Waals surface area contributed by atoms with E-state index in [2.05, 4.69) is 26.2 Å². The molecular weight excluding hydrogens is 400 g/mol. The molecule has 0 aliphatic carbocycles. The third kappa shape index (κ3) is 3.50. The maximum Gasteiger partial charge on any atom is 0.311 e. The van der Waals surface area contributed by atoms with Crippen molar-refractivity contribution in [2.45, 2.75) is 0 Å². The van der Waals surface area contributed by atoms with E-state index in [9.17, 15) is 14.9 Å². The van der Waals surface area contributed by atoms with Crippen molar-refractivity contribution < 1.29 is 9.72 Å². The number of benzene rings is 2. The number of nitrogens with zero attached hydrogens (tertiary/aromatic N) is 3. The van der Waals surface area contributed by atoms with Crippen LogP contribution in [0.4, 0.5) is 17.1 Å². The first-order valence-electron chi connectivity index (χ1n) is 7.68. The highest BCUT2D eigenvalue weighted by Crippen LogP contribution is 2.35. The summed E-state index contributed by atoms with van der Waals surface area (Å²) in [5, 5.41) is 15.1. The molecule has 1 aromatic heterocycles. The highest BCUT2D eigenvalue weighted by Gasteiger charge is 2.19. The molecule has 1 heterocycles. The second-order valence-corrected chi connectivity index (χ2v) is 6.75. The highest BCUT2D eigenvalue weighted by atomic mass is 79.9. The molecule has 3 aromatic rings. The molecule has 0 saturated heterocycles. The average Bonchev–Trinajstić information content (AvgIpc) is 2.61. The predicted octanol–water partition coefficient (Wildman–Crippen LogP) is 4.35. The molecule has 2 aromatic carbocycles. The zero-order chi connectivity index (χ0) is 18.8. The fraction of sp³-hybridized carbons (Fsp3) is 0.111. The molecule has 0 bridgehead atoms. The summed E-state index contributed by atoms with van der Waals surface area (Å²) in [7, 11) is 3.36. The van der Waals surface area contributed by atoms with Crippen molar-refractivity contribution in [2.75, 3.05) is 19.4 Å². The van der Waals surface area contributed by atoms with Crippen molar-refractivity contribution in [1.29, 1.82) is 0 Å². The summed E-state index contributed by atoms with van der Waals surface area (Å²) in [6, 6.07) is 12.2. The Labute approximate surface area is 157 Å². The van der Waals surface area contributed by atoms with Crippen LogP contribution in [0.1, 0.15) is 10.4 Å². The summed E-state index contributed by atoms with van der Waals surface area (Å²) >= 11 is 3.39. The maximum atomic E-state index is 12.0. The van der Waals surface area contributed by atoms with Crippen molar-refractivity contribution in [3.63, 3.8) is 0 Å². The number of aromatic nitrogens is 1. The first kappa shape index (κ1) is 17.8. The number of halogens is 1. The second-order valence-electron chi connectivity index (χ2n) is 5.84. The Morgan fingerprint density at radius 1 is 1.19 bits per heavy atom. The molecule has 26 heavy (non-hydrogen) atoms. The van der Waals surface area contributed by atoms with Crippen LogP contribution in [-0.4, -0.2) is 34.8 Å². The van der Waals surface area contributed by atoms with Gasteiger partial charge >= 0.3 is 5.69 Å². The van der Waals surface area contributed by atoms with Gasteiger partial charge < -0.3 is 10.2 Å². The van der Waals surface area contributed by atoms with Crippen LogP contribution in [0.2, 0.25) is 0 Å². The molecule has 0 spiro atoms. The molecule has 0 atom stereocenters. The van der Waals surface area contributed by atoms with E-state index in [-0.39, 0.29) is 11.6 Å². The van der Waals surface area contributed by atoms with Crippen molar-refractivity contribution >= 4 is 49.8 Å². The fourth-order valence-corrected chi connectivity index (χ4v) is 2.88. The Hall–Kier alpha value is -3.00. The number of fused-ring (bicyclic) bond motifs is 1. The topological polar surface area (TPSA) is 88.4 Å². The number of amides is 1.